The number of unbranched alkanes of at least 4 members (excludes halogenated alkanes) is 2. The van der Waals surface area contributed by atoms with Crippen molar-refractivity contribution in [3.05, 3.63) is 12.1 Å². The number of benzene rings is 1. The van der Waals surface area contributed by atoms with Gasteiger partial charge in [0.1, 0.15) is 0 Å². The van der Waals surface area contributed by atoms with E-state index in [2.05, 4.69) is 54.4 Å². The summed E-state index contributed by atoms with van der Waals surface area (Å²) in [5, 5.41) is 6.24. The molecule has 0 atom stereocenters. The highest BCUT2D eigenvalue weighted by Gasteiger charge is 2.26. The first-order valence-electron chi connectivity index (χ1n) is 12.0. The molecule has 0 unspecified atom stereocenters. The van der Waals surface area contributed by atoms with Crippen molar-refractivity contribution in [2.24, 2.45) is 10.8 Å². The van der Waals surface area contributed by atoms with E-state index in [1.54, 1.807) is 0 Å². The maximum absolute atomic E-state index is 12.8. The third kappa shape index (κ3) is 8.03. The Balaban J connectivity index is 3.59. The molecule has 0 aromatic heterocycles. The number of carbonyl (C=O) groups is 2. The van der Waals surface area contributed by atoms with Crippen molar-refractivity contribution in [1.82, 2.24) is 0 Å². The molecule has 0 aliphatic carbocycles. The summed E-state index contributed by atoms with van der Waals surface area (Å²) in [5.74, 6) is -0.106. The van der Waals surface area contributed by atoms with Gasteiger partial charge in [0, 0.05) is 38.0 Å². The fraction of sp³-hybridized carbons (Fsp3) is 0.692. The van der Waals surface area contributed by atoms with Gasteiger partial charge in [-0.3, -0.25) is 9.59 Å². The van der Waals surface area contributed by atoms with Gasteiger partial charge in [-0.2, -0.15) is 0 Å². The van der Waals surface area contributed by atoms with Crippen LogP contribution in [-0.2, 0) is 9.59 Å². The van der Waals surface area contributed by atoms with Crippen LogP contribution in [-0.4, -0.2) is 39.0 Å². The van der Waals surface area contributed by atoms with Gasteiger partial charge >= 0.3 is 0 Å². The van der Waals surface area contributed by atoms with Crippen LogP contribution in [0.1, 0.15) is 81.1 Å². The van der Waals surface area contributed by atoms with Crippen LogP contribution < -0.4 is 20.4 Å². The number of carbonyl (C=O) groups excluding carboxylic acids is 2. The first-order chi connectivity index (χ1) is 14.7. The van der Waals surface area contributed by atoms with Crippen LogP contribution in [0.5, 0.6) is 0 Å². The molecule has 1 aromatic carbocycles. The summed E-state index contributed by atoms with van der Waals surface area (Å²) < 4.78 is 0. The van der Waals surface area contributed by atoms with Crippen molar-refractivity contribution in [1.29, 1.82) is 0 Å². The molecule has 2 N–H and O–H groups in total. The van der Waals surface area contributed by atoms with Crippen LogP contribution in [0.2, 0.25) is 0 Å². The van der Waals surface area contributed by atoms with E-state index >= 15 is 0 Å². The molecule has 1 rings (SSSR count). The lowest BCUT2D eigenvalue weighted by atomic mass is 9.95. The van der Waals surface area contributed by atoms with Crippen LogP contribution in [0.15, 0.2) is 12.1 Å². The molecule has 0 spiro atoms. The molecule has 0 saturated carbocycles. The number of nitrogens with one attached hydrogen (secondary N) is 2. The Bertz CT molecular complexity index is 714. The van der Waals surface area contributed by atoms with E-state index < -0.39 is 10.8 Å². The molecule has 2 amide bonds. The first kappa shape index (κ1) is 27.8. The van der Waals surface area contributed by atoms with Crippen LogP contribution in [0.3, 0.4) is 0 Å². The zero-order valence-corrected chi connectivity index (χ0v) is 22.1. The fourth-order valence-electron chi connectivity index (χ4n) is 3.06. The number of anilines is 4. The zero-order chi connectivity index (χ0) is 24.7. The first-order valence-corrected chi connectivity index (χ1v) is 12.0. The third-order valence-corrected chi connectivity index (χ3v) is 5.49. The van der Waals surface area contributed by atoms with Crippen molar-refractivity contribution in [2.45, 2.75) is 81.1 Å². The van der Waals surface area contributed by atoms with E-state index in [9.17, 15) is 9.59 Å². The summed E-state index contributed by atoms with van der Waals surface area (Å²) in [6, 6.07) is 4.02. The maximum atomic E-state index is 12.8. The Morgan fingerprint density at radius 1 is 0.719 bits per heavy atom. The summed E-state index contributed by atoms with van der Waals surface area (Å²) in [6.45, 7) is 17.5. The minimum Gasteiger partial charge on any atom is -0.373 e. The molecule has 32 heavy (non-hydrogen) atoms. The summed E-state index contributed by atoms with van der Waals surface area (Å²) in [7, 11) is 4.11. The molecule has 0 bridgehead atoms. The Labute approximate surface area is 196 Å². The number of amides is 2. The fourth-order valence-corrected chi connectivity index (χ4v) is 3.06. The lowest BCUT2D eigenvalue weighted by molar-refractivity contribution is -0.123. The summed E-state index contributed by atoms with van der Waals surface area (Å²) in [4.78, 5) is 30.1. The standard InChI is InChI=1S/C26H46N4O2/c1-11-13-15-29(9)21-18-22(30(10)16-14-12-2)20(28-24(32)26(6,7)8)17-19(21)27-23(31)25(3,4)5/h17-18H,11-16H2,1-10H3,(H,27,31)(H,28,32). The van der Waals surface area contributed by atoms with Crippen molar-refractivity contribution >= 4 is 34.6 Å². The van der Waals surface area contributed by atoms with E-state index in [1.807, 2.05) is 47.6 Å². The molecule has 0 saturated heterocycles. The predicted octanol–water partition coefficient (Wildman–Crippen LogP) is 6.13. The molecule has 0 aliphatic heterocycles. The summed E-state index contributed by atoms with van der Waals surface area (Å²) in [5.41, 5.74) is 2.32. The second kappa shape index (κ2) is 11.6. The molecule has 0 heterocycles. The van der Waals surface area contributed by atoms with E-state index in [-0.39, 0.29) is 11.8 Å². The Hall–Kier alpha value is -2.24. The number of hydrogen-bond donors (Lipinski definition) is 2. The molecule has 1 aromatic rings. The van der Waals surface area contributed by atoms with Gasteiger partial charge in [-0.1, -0.05) is 68.2 Å². The van der Waals surface area contributed by atoms with E-state index in [0.29, 0.717) is 0 Å². The maximum Gasteiger partial charge on any atom is 0.229 e. The molecular formula is C26H46N4O2. The van der Waals surface area contributed by atoms with Crippen LogP contribution in [0.4, 0.5) is 22.7 Å². The molecule has 0 radical (unpaired) electrons. The van der Waals surface area contributed by atoms with E-state index in [4.69, 9.17) is 0 Å². The van der Waals surface area contributed by atoms with Gasteiger partial charge in [-0.05, 0) is 25.0 Å². The van der Waals surface area contributed by atoms with Crippen LogP contribution in [0.25, 0.3) is 0 Å². The van der Waals surface area contributed by atoms with E-state index in [0.717, 1.165) is 61.5 Å². The van der Waals surface area contributed by atoms with Gasteiger partial charge in [0.25, 0.3) is 0 Å². The lowest BCUT2D eigenvalue weighted by Gasteiger charge is -2.30. The summed E-state index contributed by atoms with van der Waals surface area (Å²) >= 11 is 0. The third-order valence-electron chi connectivity index (χ3n) is 5.49. The minimum absolute atomic E-state index is 0.0529. The second-order valence-corrected chi connectivity index (χ2v) is 10.8. The summed E-state index contributed by atoms with van der Waals surface area (Å²) in [6.07, 6.45) is 4.31. The van der Waals surface area contributed by atoms with E-state index in [1.165, 1.54) is 0 Å². The molecular weight excluding hydrogens is 400 g/mol. The van der Waals surface area contributed by atoms with Gasteiger partial charge < -0.3 is 20.4 Å². The quantitative estimate of drug-likeness (QED) is 0.454. The van der Waals surface area contributed by atoms with Crippen molar-refractivity contribution in [3.8, 4) is 0 Å². The largest absolute Gasteiger partial charge is 0.373 e. The normalized spacial score (nSPS) is 11.8. The Morgan fingerprint density at radius 2 is 1.06 bits per heavy atom. The Kier molecular flexibility index (Phi) is 10.1. The number of rotatable bonds is 10. The number of hydrogen-bond acceptors (Lipinski definition) is 4. The van der Waals surface area contributed by atoms with Gasteiger partial charge in [-0.25, -0.2) is 0 Å². The van der Waals surface area contributed by atoms with Crippen LogP contribution >= 0.6 is 0 Å². The van der Waals surface area contributed by atoms with Crippen molar-refractivity contribution in [2.75, 3.05) is 47.6 Å². The average molecular weight is 447 g/mol. The average Bonchev–Trinajstić information content (AvgIpc) is 2.68. The molecule has 0 fully saturated rings. The zero-order valence-electron chi connectivity index (χ0n) is 22.1. The number of nitrogens with zero attached hydrogens (tertiary/aromatic N) is 2. The highest BCUT2D eigenvalue weighted by molar-refractivity contribution is 6.03. The smallest absolute Gasteiger partial charge is 0.229 e. The highest BCUT2D eigenvalue weighted by Crippen LogP contribution is 2.38. The van der Waals surface area contributed by atoms with Gasteiger partial charge in [0.05, 0.1) is 22.7 Å². The van der Waals surface area contributed by atoms with Crippen LogP contribution in [0, 0.1) is 10.8 Å². The van der Waals surface area contributed by atoms with Gasteiger partial charge in [0.15, 0.2) is 0 Å². The Morgan fingerprint density at radius 3 is 1.34 bits per heavy atom. The highest BCUT2D eigenvalue weighted by atomic mass is 16.2. The molecule has 6 nitrogen and oxygen atoms in total. The molecule has 6 heteroatoms. The van der Waals surface area contributed by atoms with Crippen molar-refractivity contribution in [3.63, 3.8) is 0 Å². The topological polar surface area (TPSA) is 64.7 Å². The second-order valence-electron chi connectivity index (χ2n) is 10.8. The van der Waals surface area contributed by atoms with Gasteiger partial charge in [0.2, 0.25) is 11.8 Å². The monoisotopic (exact) mass is 446 g/mol. The lowest BCUT2D eigenvalue weighted by Crippen LogP contribution is -2.31. The minimum atomic E-state index is -0.523. The SMILES string of the molecule is CCCCN(C)c1cc(N(C)CCCC)c(NC(=O)C(C)(C)C)cc1NC(=O)C(C)(C)C. The van der Waals surface area contributed by atoms with Gasteiger partial charge in [-0.15, -0.1) is 0 Å². The van der Waals surface area contributed by atoms with Crippen molar-refractivity contribution < 1.29 is 9.59 Å². The predicted molar refractivity (Wildman–Crippen MR) is 139 cm³/mol. The molecule has 182 valence electrons. The molecule has 0 aliphatic rings.